The zero-order chi connectivity index (χ0) is 20.9. The lowest BCUT2D eigenvalue weighted by Crippen LogP contribution is -2.52. The number of hydrogen-bond acceptors (Lipinski definition) is 5. The van der Waals surface area contributed by atoms with Crippen molar-refractivity contribution in [2.45, 2.75) is 70.0 Å². The summed E-state index contributed by atoms with van der Waals surface area (Å²) in [6.45, 7) is 0.872. The molecule has 1 aromatic carbocycles. The first-order valence-corrected chi connectivity index (χ1v) is 11.8. The van der Waals surface area contributed by atoms with Gasteiger partial charge in [-0.1, -0.05) is 37.5 Å². The van der Waals surface area contributed by atoms with Crippen molar-refractivity contribution < 1.29 is 4.79 Å². The molecule has 2 fully saturated rings. The van der Waals surface area contributed by atoms with Crippen molar-refractivity contribution in [2.24, 2.45) is 10.9 Å². The van der Waals surface area contributed by atoms with Crippen LogP contribution in [0.5, 0.6) is 0 Å². The third-order valence-corrected chi connectivity index (χ3v) is 7.44. The number of fused-ring (bicyclic) bond motifs is 5. The van der Waals surface area contributed by atoms with Crippen LogP contribution in [0.3, 0.4) is 0 Å². The minimum atomic E-state index is -0.0155. The minimum Gasteiger partial charge on any atom is -0.338 e. The molecule has 2 atom stereocenters. The Bertz CT molecular complexity index is 1020. The highest BCUT2D eigenvalue weighted by atomic mass is 16.2. The summed E-state index contributed by atoms with van der Waals surface area (Å²) in [5.41, 5.74) is 1.64. The molecule has 6 rings (SSSR count). The van der Waals surface area contributed by atoms with Crippen LogP contribution in [0, 0.1) is 5.92 Å². The smallest absolute Gasteiger partial charge is 0.267 e. The molecule has 31 heavy (non-hydrogen) atoms. The first-order valence-electron chi connectivity index (χ1n) is 11.8. The van der Waals surface area contributed by atoms with E-state index in [9.17, 15) is 4.79 Å². The summed E-state index contributed by atoms with van der Waals surface area (Å²) < 4.78 is 2.12. The quantitative estimate of drug-likeness (QED) is 0.800. The van der Waals surface area contributed by atoms with Gasteiger partial charge in [-0.05, 0) is 50.2 Å². The molecule has 0 spiro atoms. The Balaban J connectivity index is 1.46. The second-order valence-corrected chi connectivity index (χ2v) is 9.45. The molecule has 0 saturated heterocycles. The normalized spacial score (nSPS) is 25.3. The zero-order valence-corrected chi connectivity index (χ0v) is 18.1. The van der Waals surface area contributed by atoms with E-state index in [-0.39, 0.29) is 5.91 Å². The Labute approximate surface area is 183 Å². The van der Waals surface area contributed by atoms with E-state index < -0.39 is 0 Å². The van der Waals surface area contributed by atoms with Gasteiger partial charge in [-0.3, -0.25) is 14.6 Å². The van der Waals surface area contributed by atoms with Crippen molar-refractivity contribution in [1.82, 2.24) is 14.7 Å². The van der Waals surface area contributed by atoms with Crippen LogP contribution in [0.1, 0.15) is 61.7 Å². The average molecular weight is 419 g/mol. The van der Waals surface area contributed by atoms with Crippen LogP contribution in [-0.4, -0.2) is 45.7 Å². The molecule has 7 nitrogen and oxygen atoms in total. The van der Waals surface area contributed by atoms with Gasteiger partial charge in [0.25, 0.3) is 5.91 Å². The molecule has 2 aliphatic carbocycles. The molecule has 0 bridgehead atoms. The molecule has 1 aromatic heterocycles. The van der Waals surface area contributed by atoms with Crippen molar-refractivity contribution >= 4 is 29.2 Å². The number of aromatic nitrogens is 2. The molecule has 0 unspecified atom stereocenters. The van der Waals surface area contributed by atoms with Crippen molar-refractivity contribution in [3.63, 3.8) is 0 Å². The summed E-state index contributed by atoms with van der Waals surface area (Å²) in [6, 6.07) is 10.6. The van der Waals surface area contributed by atoms with Crippen molar-refractivity contribution in [3.8, 4) is 0 Å². The van der Waals surface area contributed by atoms with Crippen LogP contribution in [0.15, 0.2) is 35.3 Å². The predicted octanol–water partition coefficient (Wildman–Crippen LogP) is 4.39. The fourth-order valence-electron chi connectivity index (χ4n) is 5.87. The molecule has 1 N–H and O–H groups in total. The van der Waals surface area contributed by atoms with Crippen LogP contribution in [0.2, 0.25) is 0 Å². The molecule has 7 heteroatoms. The number of amides is 1. The number of rotatable bonds is 4. The van der Waals surface area contributed by atoms with Crippen molar-refractivity contribution in [3.05, 3.63) is 35.9 Å². The zero-order valence-electron chi connectivity index (χ0n) is 18.1. The number of guanidine groups is 1. The lowest BCUT2D eigenvalue weighted by Gasteiger charge is -2.36. The van der Waals surface area contributed by atoms with E-state index >= 15 is 0 Å². The molecule has 2 aliphatic heterocycles. The molecular weight excluding hydrogens is 388 g/mol. The van der Waals surface area contributed by atoms with Gasteiger partial charge in [-0.2, -0.15) is 5.10 Å². The third kappa shape index (κ3) is 3.05. The highest BCUT2D eigenvalue weighted by molar-refractivity contribution is 6.21. The minimum absolute atomic E-state index is 0.0155. The van der Waals surface area contributed by atoms with E-state index in [1.165, 1.54) is 38.5 Å². The van der Waals surface area contributed by atoms with Gasteiger partial charge >= 0.3 is 0 Å². The van der Waals surface area contributed by atoms with Gasteiger partial charge in [0.15, 0.2) is 5.82 Å². The third-order valence-electron chi connectivity index (χ3n) is 7.44. The monoisotopic (exact) mass is 418 g/mol. The second-order valence-electron chi connectivity index (χ2n) is 9.45. The maximum absolute atomic E-state index is 13.5. The maximum atomic E-state index is 13.5. The van der Waals surface area contributed by atoms with Gasteiger partial charge in [0.1, 0.15) is 11.4 Å². The van der Waals surface area contributed by atoms with Gasteiger partial charge in [0.2, 0.25) is 5.96 Å². The molecule has 3 heterocycles. The Morgan fingerprint density at radius 3 is 2.65 bits per heavy atom. The summed E-state index contributed by atoms with van der Waals surface area (Å²) in [4.78, 5) is 22.5. The number of carbonyl (C=O) groups is 1. The van der Waals surface area contributed by atoms with Crippen LogP contribution >= 0.6 is 0 Å². The summed E-state index contributed by atoms with van der Waals surface area (Å²) in [5.74, 6) is 3.04. The Hall–Kier alpha value is -2.83. The first-order chi connectivity index (χ1) is 15.2. The topological polar surface area (TPSA) is 65.8 Å². The van der Waals surface area contributed by atoms with E-state index in [0.717, 1.165) is 36.9 Å². The van der Waals surface area contributed by atoms with Gasteiger partial charge in [0.05, 0.1) is 12.1 Å². The number of anilines is 3. The number of benzene rings is 1. The second kappa shape index (κ2) is 7.39. The standard InChI is InChI=1S/C24H30N6O/c1-28-23(31)20-21(25-17-11-6-3-7-12-17)27-29(15-16-9-4-2-5-10-16)22(20)30-19-14-8-13-18(19)26-24(28)30/h3,6-7,11-12,16,18-19H,2,4-5,8-10,13-15H2,1H3,(H,25,27)/t18-,19+/m1/s1. The average Bonchev–Trinajstić information content (AvgIpc) is 3.47. The number of aliphatic imine (C=N–C) groups is 1. The summed E-state index contributed by atoms with van der Waals surface area (Å²) >= 11 is 0. The SMILES string of the molecule is CN1C(=O)c2c(Nc3ccccc3)nn(CC3CCCCC3)c2N2C1=N[C@@H]1CCC[C@@H]12. The summed E-state index contributed by atoms with van der Waals surface area (Å²) in [7, 11) is 1.85. The maximum Gasteiger partial charge on any atom is 0.267 e. The lowest BCUT2D eigenvalue weighted by atomic mass is 9.89. The molecule has 4 aliphatic rings. The Kier molecular flexibility index (Phi) is 4.51. The predicted molar refractivity (Wildman–Crippen MR) is 122 cm³/mol. The highest BCUT2D eigenvalue weighted by Gasteiger charge is 2.49. The van der Waals surface area contributed by atoms with Crippen LogP contribution in [-0.2, 0) is 6.54 Å². The first kappa shape index (κ1) is 18.9. The van der Waals surface area contributed by atoms with Crippen LogP contribution in [0.25, 0.3) is 0 Å². The molecule has 2 aromatic rings. The van der Waals surface area contributed by atoms with E-state index in [1.54, 1.807) is 4.90 Å². The molecule has 162 valence electrons. The van der Waals surface area contributed by atoms with Gasteiger partial charge < -0.3 is 5.32 Å². The van der Waals surface area contributed by atoms with E-state index in [1.807, 2.05) is 37.4 Å². The van der Waals surface area contributed by atoms with Crippen molar-refractivity contribution in [1.29, 1.82) is 0 Å². The summed E-state index contributed by atoms with van der Waals surface area (Å²) in [5, 5.41) is 8.44. The van der Waals surface area contributed by atoms with Crippen LogP contribution in [0.4, 0.5) is 17.3 Å². The van der Waals surface area contributed by atoms with Gasteiger partial charge in [0, 0.05) is 19.3 Å². The van der Waals surface area contributed by atoms with E-state index in [0.29, 0.717) is 29.4 Å². The van der Waals surface area contributed by atoms with Gasteiger partial charge in [-0.15, -0.1) is 0 Å². The molecule has 0 radical (unpaired) electrons. The van der Waals surface area contributed by atoms with E-state index in [2.05, 4.69) is 14.9 Å². The number of carbonyl (C=O) groups excluding carboxylic acids is 1. The number of para-hydroxylation sites is 1. The Morgan fingerprint density at radius 2 is 1.84 bits per heavy atom. The highest BCUT2D eigenvalue weighted by Crippen LogP contribution is 2.43. The molecule has 1 amide bonds. The fraction of sp³-hybridized carbons (Fsp3) is 0.542. The van der Waals surface area contributed by atoms with Crippen LogP contribution < -0.4 is 10.2 Å². The number of nitrogens with zero attached hydrogens (tertiary/aromatic N) is 5. The molecular formula is C24H30N6O. The molecule has 2 saturated carbocycles. The largest absolute Gasteiger partial charge is 0.338 e. The van der Waals surface area contributed by atoms with Gasteiger partial charge in [-0.25, -0.2) is 9.67 Å². The van der Waals surface area contributed by atoms with E-state index in [4.69, 9.17) is 10.1 Å². The lowest BCUT2D eigenvalue weighted by molar-refractivity contribution is 0.0865. The summed E-state index contributed by atoms with van der Waals surface area (Å²) in [6.07, 6.45) is 9.85. The van der Waals surface area contributed by atoms with Crippen molar-refractivity contribution in [2.75, 3.05) is 17.3 Å². The Morgan fingerprint density at radius 1 is 1.03 bits per heavy atom. The number of hydrogen-bond donors (Lipinski definition) is 1. The number of nitrogens with one attached hydrogen (secondary N) is 1. The fourth-order valence-corrected chi connectivity index (χ4v) is 5.87.